The molecule has 5 nitrogen and oxygen atoms in total. The van der Waals surface area contributed by atoms with Crippen molar-refractivity contribution in [1.29, 1.82) is 0 Å². The molecule has 1 heterocycles. The Hall–Kier alpha value is -1.33. The van der Waals surface area contributed by atoms with Crippen molar-refractivity contribution in [2.24, 2.45) is 0 Å². The van der Waals surface area contributed by atoms with Crippen LogP contribution in [0.15, 0.2) is 12.3 Å². The summed E-state index contributed by atoms with van der Waals surface area (Å²) in [6.45, 7) is 1.66. The topological polar surface area (TPSA) is 85.4 Å². The molecule has 0 aliphatic heterocycles. The minimum atomic E-state index is -0.280. The van der Waals surface area contributed by atoms with Gasteiger partial charge in [0.1, 0.15) is 5.82 Å². The van der Waals surface area contributed by atoms with E-state index in [1.807, 2.05) is 0 Å². The van der Waals surface area contributed by atoms with Gasteiger partial charge < -0.3 is 16.2 Å². The Morgan fingerprint density at radius 2 is 2.36 bits per heavy atom. The molecule has 60 valence electrons. The summed E-state index contributed by atoms with van der Waals surface area (Å²) >= 11 is 0. The van der Waals surface area contributed by atoms with E-state index in [1.54, 1.807) is 13.0 Å². The second-order valence-corrected chi connectivity index (χ2v) is 2.13. The average molecular weight is 154 g/mol. The molecule has 0 saturated carbocycles. The molecule has 3 N–H and O–H groups in total. The van der Waals surface area contributed by atoms with Crippen LogP contribution < -0.4 is 11.0 Å². The zero-order valence-corrected chi connectivity index (χ0v) is 5.98. The molecular formula is C6H8N3O2-. The van der Waals surface area contributed by atoms with E-state index in [2.05, 4.69) is 4.98 Å². The standard InChI is InChI=1S/C6H8N3O2/c1-4-2-3-8-6(7)5(4)9(10)11/h2-3,10H,1H3,(H2,7,8)/q-1. The Balaban J connectivity index is 3.21. The van der Waals surface area contributed by atoms with Crippen molar-refractivity contribution in [3.63, 3.8) is 0 Å². The number of hydrogen-bond acceptors (Lipinski definition) is 5. The van der Waals surface area contributed by atoms with Crippen LogP contribution in [0.4, 0.5) is 11.5 Å². The zero-order valence-electron chi connectivity index (χ0n) is 5.98. The minimum absolute atomic E-state index is 0.00694. The second kappa shape index (κ2) is 2.73. The van der Waals surface area contributed by atoms with Gasteiger partial charge in [0.2, 0.25) is 0 Å². The highest BCUT2D eigenvalue weighted by Gasteiger charge is 2.02. The van der Waals surface area contributed by atoms with Crippen molar-refractivity contribution >= 4 is 11.5 Å². The number of nitrogens with two attached hydrogens (primary N) is 1. The first-order valence-electron chi connectivity index (χ1n) is 3.00. The highest BCUT2D eigenvalue weighted by atomic mass is 16.8. The predicted octanol–water partition coefficient (Wildman–Crippen LogP) is 0.666. The molecule has 0 bridgehead atoms. The lowest BCUT2D eigenvalue weighted by Crippen LogP contribution is -2.12. The number of anilines is 2. The normalized spacial score (nSPS) is 9.73. The molecular weight excluding hydrogens is 146 g/mol. The summed E-state index contributed by atoms with van der Waals surface area (Å²) in [5, 5.41) is 18.7. The molecule has 1 aromatic heterocycles. The number of aryl methyl sites for hydroxylation is 1. The van der Waals surface area contributed by atoms with Crippen LogP contribution in [0.5, 0.6) is 0 Å². The molecule has 0 unspecified atom stereocenters. The van der Waals surface area contributed by atoms with Crippen molar-refractivity contribution in [3.8, 4) is 0 Å². The van der Waals surface area contributed by atoms with Gasteiger partial charge in [0.15, 0.2) is 0 Å². The fourth-order valence-electron chi connectivity index (χ4n) is 0.820. The van der Waals surface area contributed by atoms with Gasteiger partial charge in [-0.05, 0) is 18.6 Å². The quantitative estimate of drug-likeness (QED) is 0.580. The van der Waals surface area contributed by atoms with Crippen LogP contribution >= 0.6 is 0 Å². The maximum atomic E-state index is 10.4. The number of aromatic nitrogens is 1. The van der Waals surface area contributed by atoms with E-state index in [9.17, 15) is 5.21 Å². The van der Waals surface area contributed by atoms with Gasteiger partial charge in [-0.2, -0.15) is 0 Å². The van der Waals surface area contributed by atoms with Crippen LogP contribution in [-0.2, 0) is 0 Å². The Bertz CT molecular complexity index is 242. The summed E-state index contributed by atoms with van der Waals surface area (Å²) in [7, 11) is 0. The summed E-state index contributed by atoms with van der Waals surface area (Å²) in [5.74, 6) is 0.0301. The molecule has 0 saturated heterocycles. The van der Waals surface area contributed by atoms with E-state index in [4.69, 9.17) is 10.9 Å². The molecule has 0 aliphatic carbocycles. The molecule has 1 aromatic rings. The summed E-state index contributed by atoms with van der Waals surface area (Å²) < 4.78 is 0. The Kier molecular flexibility index (Phi) is 1.93. The number of hydrogen-bond donors (Lipinski definition) is 2. The van der Waals surface area contributed by atoms with Crippen LogP contribution in [0.2, 0.25) is 0 Å². The first kappa shape index (κ1) is 7.77. The lowest BCUT2D eigenvalue weighted by atomic mass is 10.2. The molecule has 0 aromatic carbocycles. The third-order valence-electron chi connectivity index (χ3n) is 1.35. The summed E-state index contributed by atoms with van der Waals surface area (Å²) in [4.78, 5) is 3.64. The van der Waals surface area contributed by atoms with Gasteiger partial charge in [-0.3, -0.25) is 5.21 Å². The van der Waals surface area contributed by atoms with Crippen LogP contribution in [0.3, 0.4) is 0 Å². The molecule has 0 amide bonds. The average Bonchev–Trinajstić information content (AvgIpc) is 1.85. The molecule has 1 rings (SSSR count). The smallest absolute Gasteiger partial charge is 0.148 e. The van der Waals surface area contributed by atoms with E-state index in [-0.39, 0.29) is 16.7 Å². The third-order valence-corrected chi connectivity index (χ3v) is 1.35. The molecule has 0 atom stereocenters. The summed E-state index contributed by atoms with van der Waals surface area (Å²) in [6.07, 6.45) is 1.47. The van der Waals surface area contributed by atoms with E-state index in [0.717, 1.165) is 0 Å². The van der Waals surface area contributed by atoms with Gasteiger partial charge in [-0.1, -0.05) is 0 Å². The van der Waals surface area contributed by atoms with Crippen molar-refractivity contribution in [3.05, 3.63) is 23.0 Å². The number of nitrogen functional groups attached to an aromatic ring is 1. The Morgan fingerprint density at radius 3 is 2.73 bits per heavy atom. The lowest BCUT2D eigenvalue weighted by molar-refractivity contribution is 0.296. The monoisotopic (exact) mass is 154 g/mol. The van der Waals surface area contributed by atoms with Crippen LogP contribution in [0.25, 0.3) is 0 Å². The predicted molar refractivity (Wildman–Crippen MR) is 41.0 cm³/mol. The fourth-order valence-corrected chi connectivity index (χ4v) is 0.820. The minimum Gasteiger partial charge on any atom is -0.733 e. The molecule has 0 spiro atoms. The Labute approximate surface area is 63.6 Å². The van der Waals surface area contributed by atoms with Gasteiger partial charge in [-0.15, -0.1) is 0 Å². The van der Waals surface area contributed by atoms with Crippen LogP contribution in [-0.4, -0.2) is 10.2 Å². The third kappa shape index (κ3) is 1.39. The van der Waals surface area contributed by atoms with Crippen molar-refractivity contribution in [1.82, 2.24) is 4.98 Å². The van der Waals surface area contributed by atoms with Crippen molar-refractivity contribution < 1.29 is 5.21 Å². The van der Waals surface area contributed by atoms with Crippen molar-refractivity contribution in [2.45, 2.75) is 6.92 Å². The van der Waals surface area contributed by atoms with Crippen LogP contribution in [0.1, 0.15) is 5.56 Å². The van der Waals surface area contributed by atoms with Gasteiger partial charge in [0.05, 0.1) is 5.69 Å². The fraction of sp³-hybridized carbons (Fsp3) is 0.167. The van der Waals surface area contributed by atoms with E-state index >= 15 is 0 Å². The first-order chi connectivity index (χ1) is 5.13. The maximum Gasteiger partial charge on any atom is 0.148 e. The SMILES string of the molecule is Cc1ccnc(N)c1N([O-])O. The highest BCUT2D eigenvalue weighted by molar-refractivity contribution is 5.66. The van der Waals surface area contributed by atoms with Crippen LogP contribution in [0, 0.1) is 12.1 Å². The largest absolute Gasteiger partial charge is 0.733 e. The van der Waals surface area contributed by atoms with Gasteiger partial charge in [-0.25, -0.2) is 4.98 Å². The maximum absolute atomic E-state index is 10.4. The molecule has 0 fully saturated rings. The molecule has 5 heteroatoms. The van der Waals surface area contributed by atoms with Gasteiger partial charge >= 0.3 is 0 Å². The number of rotatable bonds is 1. The van der Waals surface area contributed by atoms with E-state index in [0.29, 0.717) is 5.56 Å². The van der Waals surface area contributed by atoms with E-state index in [1.165, 1.54) is 6.20 Å². The highest BCUT2D eigenvalue weighted by Crippen LogP contribution is 2.22. The number of pyridine rings is 1. The second-order valence-electron chi connectivity index (χ2n) is 2.13. The first-order valence-corrected chi connectivity index (χ1v) is 3.00. The number of nitrogens with zero attached hydrogens (tertiary/aromatic N) is 2. The summed E-state index contributed by atoms with van der Waals surface area (Å²) in [6, 6.07) is 1.59. The van der Waals surface area contributed by atoms with E-state index < -0.39 is 0 Å². The molecule has 11 heavy (non-hydrogen) atoms. The van der Waals surface area contributed by atoms with Crippen molar-refractivity contribution in [2.75, 3.05) is 11.0 Å². The molecule has 0 radical (unpaired) electrons. The Morgan fingerprint density at radius 1 is 1.73 bits per heavy atom. The molecule has 0 aliphatic rings. The zero-order chi connectivity index (χ0) is 8.43. The summed E-state index contributed by atoms with van der Waals surface area (Å²) in [5.41, 5.74) is 5.91. The van der Waals surface area contributed by atoms with Gasteiger partial charge in [0, 0.05) is 6.20 Å². The van der Waals surface area contributed by atoms with Gasteiger partial charge in [0.25, 0.3) is 0 Å². The lowest BCUT2D eigenvalue weighted by Gasteiger charge is -2.24.